The molecule has 0 saturated heterocycles. The van der Waals surface area contributed by atoms with E-state index in [0.717, 1.165) is 6.42 Å². The fraction of sp³-hybridized carbons (Fsp3) is 0.462. The lowest BCUT2D eigenvalue weighted by Gasteiger charge is -2.26. The molecule has 0 aliphatic carbocycles. The molecule has 0 unspecified atom stereocenters. The van der Waals surface area contributed by atoms with Crippen molar-refractivity contribution in [1.29, 1.82) is 0 Å². The predicted octanol–water partition coefficient (Wildman–Crippen LogP) is 3.07. The van der Waals surface area contributed by atoms with Gasteiger partial charge in [-0.1, -0.05) is 0 Å². The van der Waals surface area contributed by atoms with Crippen molar-refractivity contribution >= 4 is 23.2 Å². The molecule has 1 aromatic rings. The van der Waals surface area contributed by atoms with Crippen LogP contribution in [0, 0.1) is 10.1 Å². The van der Waals surface area contributed by atoms with Crippen LogP contribution in [0.3, 0.4) is 0 Å². The number of non-ortho nitro benzene ring substituents is 1. The summed E-state index contributed by atoms with van der Waals surface area (Å²) in [6.07, 6.45) is 0.721. The van der Waals surface area contributed by atoms with Gasteiger partial charge in [0.05, 0.1) is 4.92 Å². The molecule has 1 amide bonds. The van der Waals surface area contributed by atoms with Gasteiger partial charge in [-0.15, -0.1) is 11.6 Å². The van der Waals surface area contributed by atoms with Gasteiger partial charge in [0.1, 0.15) is 0 Å². The van der Waals surface area contributed by atoms with Gasteiger partial charge < -0.3 is 4.90 Å². The van der Waals surface area contributed by atoms with Crippen LogP contribution in [0.1, 0.15) is 30.6 Å². The van der Waals surface area contributed by atoms with Crippen LogP contribution in [0.5, 0.6) is 0 Å². The summed E-state index contributed by atoms with van der Waals surface area (Å²) in [5, 5.41) is 10.6. The maximum absolute atomic E-state index is 12.3. The van der Waals surface area contributed by atoms with Gasteiger partial charge in [-0.2, -0.15) is 0 Å². The molecule has 5 nitrogen and oxygen atoms in total. The van der Waals surface area contributed by atoms with Crippen molar-refractivity contribution in [3.05, 3.63) is 39.9 Å². The van der Waals surface area contributed by atoms with Gasteiger partial charge in [0.15, 0.2) is 0 Å². The first kappa shape index (κ1) is 15.4. The smallest absolute Gasteiger partial charge is 0.269 e. The van der Waals surface area contributed by atoms with Crippen molar-refractivity contribution in [1.82, 2.24) is 4.90 Å². The van der Waals surface area contributed by atoms with Gasteiger partial charge in [0, 0.05) is 36.2 Å². The van der Waals surface area contributed by atoms with E-state index < -0.39 is 4.92 Å². The number of rotatable bonds is 6. The lowest BCUT2D eigenvalue weighted by molar-refractivity contribution is -0.384. The summed E-state index contributed by atoms with van der Waals surface area (Å²) in [6, 6.07) is 5.71. The minimum Gasteiger partial charge on any atom is -0.336 e. The number of amides is 1. The molecule has 0 spiro atoms. The molecule has 0 aliphatic heterocycles. The minimum absolute atomic E-state index is 0.0200. The predicted molar refractivity (Wildman–Crippen MR) is 74.6 cm³/mol. The Bertz CT molecular complexity index is 446. The zero-order chi connectivity index (χ0) is 14.4. The summed E-state index contributed by atoms with van der Waals surface area (Å²) in [5.41, 5.74) is 0.433. The zero-order valence-electron chi connectivity index (χ0n) is 11.0. The van der Waals surface area contributed by atoms with Crippen molar-refractivity contribution < 1.29 is 9.72 Å². The second-order valence-electron chi connectivity index (χ2n) is 4.44. The number of nitro groups is 1. The zero-order valence-corrected chi connectivity index (χ0v) is 11.8. The average molecular weight is 285 g/mol. The second kappa shape index (κ2) is 7.09. The van der Waals surface area contributed by atoms with Crippen molar-refractivity contribution in [3.63, 3.8) is 0 Å². The highest BCUT2D eigenvalue weighted by Gasteiger charge is 2.18. The van der Waals surface area contributed by atoms with Gasteiger partial charge in [-0.05, 0) is 32.4 Å². The van der Waals surface area contributed by atoms with Gasteiger partial charge in [-0.3, -0.25) is 14.9 Å². The fourth-order valence-electron chi connectivity index (χ4n) is 1.72. The highest BCUT2D eigenvalue weighted by Crippen LogP contribution is 2.15. The second-order valence-corrected chi connectivity index (χ2v) is 4.82. The summed E-state index contributed by atoms with van der Waals surface area (Å²) in [5.74, 6) is 0.367. The quantitative estimate of drug-likeness (QED) is 0.458. The number of nitro benzene ring substituents is 1. The van der Waals surface area contributed by atoms with Crippen LogP contribution in [0.2, 0.25) is 0 Å². The van der Waals surface area contributed by atoms with Crippen LogP contribution in [-0.2, 0) is 0 Å². The molecule has 1 aromatic carbocycles. The summed E-state index contributed by atoms with van der Waals surface area (Å²) >= 11 is 5.64. The number of benzene rings is 1. The standard InChI is InChI=1S/C13H17ClN2O3/c1-10(2)15(9-3-8-14)13(17)11-4-6-12(7-5-11)16(18)19/h4-7,10H,3,8-9H2,1-2H3. The SMILES string of the molecule is CC(C)N(CCCCl)C(=O)c1ccc([N+](=O)[O-])cc1. The van der Waals surface area contributed by atoms with Crippen molar-refractivity contribution in [3.8, 4) is 0 Å². The first-order valence-electron chi connectivity index (χ1n) is 6.08. The molecule has 6 heteroatoms. The number of carbonyl (C=O) groups excluding carboxylic acids is 1. The number of alkyl halides is 1. The maximum atomic E-state index is 12.3. The normalized spacial score (nSPS) is 10.5. The lowest BCUT2D eigenvalue weighted by atomic mass is 10.1. The van der Waals surface area contributed by atoms with Gasteiger partial charge >= 0.3 is 0 Å². The van der Waals surface area contributed by atoms with Crippen molar-refractivity contribution in [2.45, 2.75) is 26.3 Å². The summed E-state index contributed by atoms with van der Waals surface area (Å²) < 4.78 is 0. The average Bonchev–Trinajstić information content (AvgIpc) is 2.38. The Hall–Kier alpha value is -1.62. The van der Waals surface area contributed by atoms with E-state index in [2.05, 4.69) is 0 Å². The van der Waals surface area contributed by atoms with Crippen molar-refractivity contribution in [2.75, 3.05) is 12.4 Å². The van der Waals surface area contributed by atoms with Crippen molar-refractivity contribution in [2.24, 2.45) is 0 Å². The number of hydrogen-bond acceptors (Lipinski definition) is 3. The molecule has 0 radical (unpaired) electrons. The molecule has 104 valence electrons. The highest BCUT2D eigenvalue weighted by atomic mass is 35.5. The molecule has 0 fully saturated rings. The molecule has 0 atom stereocenters. The summed E-state index contributed by atoms with van der Waals surface area (Å²) in [4.78, 5) is 24.1. The minimum atomic E-state index is -0.484. The molecule has 0 aromatic heterocycles. The topological polar surface area (TPSA) is 63.5 Å². The van der Waals surface area contributed by atoms with Crippen LogP contribution in [0.25, 0.3) is 0 Å². The van der Waals surface area contributed by atoms with E-state index in [1.54, 1.807) is 4.90 Å². The monoisotopic (exact) mass is 284 g/mol. The van der Waals surface area contributed by atoms with Crippen LogP contribution in [0.15, 0.2) is 24.3 Å². The molecule has 0 saturated carbocycles. The Balaban J connectivity index is 2.87. The van der Waals surface area contributed by atoms with E-state index in [1.165, 1.54) is 24.3 Å². The largest absolute Gasteiger partial charge is 0.336 e. The molecule has 0 bridgehead atoms. The molecule has 0 N–H and O–H groups in total. The van der Waals surface area contributed by atoms with Crippen LogP contribution < -0.4 is 0 Å². The number of carbonyl (C=O) groups is 1. The van der Waals surface area contributed by atoms with E-state index >= 15 is 0 Å². The van der Waals surface area contributed by atoms with Crippen LogP contribution >= 0.6 is 11.6 Å². The summed E-state index contributed by atoms with van der Waals surface area (Å²) in [6.45, 7) is 4.44. The van der Waals surface area contributed by atoms with E-state index in [4.69, 9.17) is 11.6 Å². The molecular weight excluding hydrogens is 268 g/mol. The Morgan fingerprint density at radius 3 is 2.37 bits per heavy atom. The van der Waals surface area contributed by atoms with E-state index in [9.17, 15) is 14.9 Å². The number of halogens is 1. The molecule has 1 rings (SSSR count). The molecule has 0 aliphatic rings. The molecule has 19 heavy (non-hydrogen) atoms. The number of nitrogens with zero attached hydrogens (tertiary/aromatic N) is 2. The van der Waals surface area contributed by atoms with E-state index in [1.807, 2.05) is 13.8 Å². The molecular formula is C13H17ClN2O3. The maximum Gasteiger partial charge on any atom is 0.269 e. The number of hydrogen-bond donors (Lipinski definition) is 0. The lowest BCUT2D eigenvalue weighted by Crippen LogP contribution is -2.37. The Morgan fingerprint density at radius 2 is 1.95 bits per heavy atom. The van der Waals surface area contributed by atoms with Crippen LogP contribution in [-0.4, -0.2) is 34.2 Å². The van der Waals surface area contributed by atoms with E-state index in [0.29, 0.717) is 18.0 Å². The Morgan fingerprint density at radius 1 is 1.37 bits per heavy atom. The highest BCUT2D eigenvalue weighted by molar-refractivity contribution is 6.17. The fourth-order valence-corrected chi connectivity index (χ4v) is 1.84. The first-order chi connectivity index (χ1) is 8.97. The third kappa shape index (κ3) is 4.21. The van der Waals surface area contributed by atoms with E-state index in [-0.39, 0.29) is 17.6 Å². The summed E-state index contributed by atoms with van der Waals surface area (Å²) in [7, 11) is 0. The molecule has 0 heterocycles. The first-order valence-corrected chi connectivity index (χ1v) is 6.62. The van der Waals surface area contributed by atoms with Crippen LogP contribution in [0.4, 0.5) is 5.69 Å². The third-order valence-electron chi connectivity index (χ3n) is 2.74. The Kier molecular flexibility index (Phi) is 5.76. The van der Waals surface area contributed by atoms with Gasteiger partial charge in [0.2, 0.25) is 0 Å². The third-order valence-corrected chi connectivity index (χ3v) is 3.01. The van der Waals surface area contributed by atoms with Gasteiger partial charge in [0.25, 0.3) is 11.6 Å². The van der Waals surface area contributed by atoms with Gasteiger partial charge in [-0.25, -0.2) is 0 Å². The Labute approximate surface area is 117 Å².